The predicted molar refractivity (Wildman–Crippen MR) is 83.2 cm³/mol. The van der Waals surface area contributed by atoms with Crippen molar-refractivity contribution in [1.82, 2.24) is 5.32 Å². The summed E-state index contributed by atoms with van der Waals surface area (Å²) in [7, 11) is 0. The molecule has 1 atom stereocenters. The van der Waals surface area contributed by atoms with Crippen molar-refractivity contribution < 1.29 is 4.74 Å². The lowest BCUT2D eigenvalue weighted by molar-refractivity contribution is 0.233. The summed E-state index contributed by atoms with van der Waals surface area (Å²) in [5.41, 5.74) is 2.93. The fourth-order valence-corrected chi connectivity index (χ4v) is 3.36. The molecule has 1 aromatic carbocycles. The van der Waals surface area contributed by atoms with Crippen molar-refractivity contribution in [3.8, 4) is 11.8 Å². The van der Waals surface area contributed by atoms with Gasteiger partial charge in [-0.2, -0.15) is 5.26 Å². The highest BCUT2D eigenvalue weighted by Crippen LogP contribution is 2.49. The van der Waals surface area contributed by atoms with Gasteiger partial charge in [0, 0.05) is 17.9 Å². The van der Waals surface area contributed by atoms with Crippen LogP contribution in [0.5, 0.6) is 5.75 Å². The zero-order chi connectivity index (χ0) is 14.7. The zero-order valence-electron chi connectivity index (χ0n) is 12.8. The second-order valence-electron chi connectivity index (χ2n) is 6.45. The van der Waals surface area contributed by atoms with Gasteiger partial charge in [-0.1, -0.05) is 19.1 Å². The van der Waals surface area contributed by atoms with Crippen molar-refractivity contribution in [2.45, 2.75) is 51.5 Å². The van der Waals surface area contributed by atoms with Gasteiger partial charge in [0.2, 0.25) is 0 Å². The van der Waals surface area contributed by atoms with E-state index in [1.807, 2.05) is 0 Å². The lowest BCUT2D eigenvalue weighted by Crippen LogP contribution is -2.25. The molecule has 2 aliphatic carbocycles. The molecule has 1 fully saturated rings. The molecule has 0 aromatic heterocycles. The summed E-state index contributed by atoms with van der Waals surface area (Å²) in [5.74, 6) is 1.04. The molecule has 0 spiro atoms. The van der Waals surface area contributed by atoms with Crippen LogP contribution in [0.3, 0.4) is 0 Å². The molecule has 0 amide bonds. The van der Waals surface area contributed by atoms with Crippen LogP contribution in [0.2, 0.25) is 0 Å². The van der Waals surface area contributed by atoms with E-state index >= 15 is 0 Å². The second-order valence-corrected chi connectivity index (χ2v) is 6.45. The molecule has 21 heavy (non-hydrogen) atoms. The first-order chi connectivity index (χ1) is 10.3. The van der Waals surface area contributed by atoms with Crippen LogP contribution in [0, 0.1) is 16.7 Å². The second kappa shape index (κ2) is 6.07. The van der Waals surface area contributed by atoms with Crippen LogP contribution >= 0.6 is 0 Å². The van der Waals surface area contributed by atoms with E-state index in [2.05, 4.69) is 36.5 Å². The van der Waals surface area contributed by atoms with Gasteiger partial charge in [-0.15, -0.1) is 0 Å². The summed E-state index contributed by atoms with van der Waals surface area (Å²) in [6.07, 6.45) is 6.43. The van der Waals surface area contributed by atoms with Gasteiger partial charge in [0.25, 0.3) is 0 Å². The summed E-state index contributed by atoms with van der Waals surface area (Å²) < 4.78 is 6.13. The van der Waals surface area contributed by atoms with Gasteiger partial charge < -0.3 is 10.1 Å². The molecule has 1 aromatic rings. The fraction of sp³-hybridized carbons (Fsp3) is 0.611. The first-order valence-corrected chi connectivity index (χ1v) is 8.13. The molecule has 3 nitrogen and oxygen atoms in total. The Morgan fingerprint density at radius 2 is 2.29 bits per heavy atom. The molecular weight excluding hydrogens is 260 g/mol. The van der Waals surface area contributed by atoms with Gasteiger partial charge >= 0.3 is 0 Å². The highest BCUT2D eigenvalue weighted by atomic mass is 16.5. The van der Waals surface area contributed by atoms with Gasteiger partial charge in [-0.3, -0.25) is 0 Å². The highest BCUT2D eigenvalue weighted by Gasteiger charge is 2.43. The van der Waals surface area contributed by atoms with E-state index in [0.717, 1.165) is 31.6 Å². The number of nitriles is 1. The van der Waals surface area contributed by atoms with Crippen molar-refractivity contribution in [3.05, 3.63) is 29.3 Å². The fourth-order valence-electron chi connectivity index (χ4n) is 3.36. The predicted octanol–water partition coefficient (Wildman–Crippen LogP) is 3.75. The minimum atomic E-state index is 0.146. The van der Waals surface area contributed by atoms with E-state index in [0.29, 0.717) is 19.1 Å². The van der Waals surface area contributed by atoms with Crippen molar-refractivity contribution in [3.63, 3.8) is 0 Å². The number of rotatable bonds is 6. The SMILES string of the molecule is CCNC1CCCc2c(OCC3(CC#N)CC3)cccc21. The van der Waals surface area contributed by atoms with Gasteiger partial charge in [0.1, 0.15) is 5.75 Å². The maximum absolute atomic E-state index is 8.91. The molecule has 0 saturated heterocycles. The largest absolute Gasteiger partial charge is 0.493 e. The maximum atomic E-state index is 8.91. The minimum Gasteiger partial charge on any atom is -0.493 e. The summed E-state index contributed by atoms with van der Waals surface area (Å²) >= 11 is 0. The van der Waals surface area contributed by atoms with E-state index in [1.54, 1.807) is 0 Å². The lowest BCUT2D eigenvalue weighted by atomic mass is 9.87. The third-order valence-electron chi connectivity index (χ3n) is 4.86. The van der Waals surface area contributed by atoms with Gasteiger partial charge in [0.15, 0.2) is 0 Å². The number of nitrogens with zero attached hydrogens (tertiary/aromatic N) is 1. The number of fused-ring (bicyclic) bond motifs is 1. The quantitative estimate of drug-likeness (QED) is 0.865. The molecule has 3 heteroatoms. The van der Waals surface area contributed by atoms with Crippen LogP contribution < -0.4 is 10.1 Å². The number of nitrogens with one attached hydrogen (secondary N) is 1. The average Bonchev–Trinajstić information content (AvgIpc) is 3.26. The molecule has 0 bridgehead atoms. The monoisotopic (exact) mass is 284 g/mol. The Balaban J connectivity index is 1.75. The number of benzene rings is 1. The number of hydrogen-bond acceptors (Lipinski definition) is 3. The molecular formula is C18H24N2O. The van der Waals surface area contributed by atoms with E-state index < -0.39 is 0 Å². The summed E-state index contributed by atoms with van der Waals surface area (Å²) in [5, 5.41) is 12.5. The third-order valence-corrected chi connectivity index (χ3v) is 4.86. The first-order valence-electron chi connectivity index (χ1n) is 8.13. The molecule has 2 aliphatic rings. The van der Waals surface area contributed by atoms with Gasteiger partial charge in [0.05, 0.1) is 12.7 Å². The Morgan fingerprint density at radius 3 is 3.00 bits per heavy atom. The summed E-state index contributed by atoms with van der Waals surface area (Å²) in [4.78, 5) is 0. The number of ether oxygens (including phenoxy) is 1. The Morgan fingerprint density at radius 1 is 1.43 bits per heavy atom. The van der Waals surface area contributed by atoms with Crippen molar-refractivity contribution in [2.75, 3.05) is 13.2 Å². The van der Waals surface area contributed by atoms with Crippen LogP contribution in [0.15, 0.2) is 18.2 Å². The van der Waals surface area contributed by atoms with E-state index in [-0.39, 0.29) is 5.41 Å². The topological polar surface area (TPSA) is 45.0 Å². The van der Waals surface area contributed by atoms with Crippen LogP contribution in [-0.4, -0.2) is 13.2 Å². The minimum absolute atomic E-state index is 0.146. The van der Waals surface area contributed by atoms with Gasteiger partial charge in [-0.25, -0.2) is 0 Å². The summed E-state index contributed by atoms with van der Waals surface area (Å²) in [6, 6.07) is 9.20. The van der Waals surface area contributed by atoms with Crippen molar-refractivity contribution in [2.24, 2.45) is 5.41 Å². The molecule has 112 valence electrons. The van der Waals surface area contributed by atoms with Crippen LogP contribution in [0.4, 0.5) is 0 Å². The van der Waals surface area contributed by atoms with Crippen molar-refractivity contribution in [1.29, 1.82) is 5.26 Å². The van der Waals surface area contributed by atoms with E-state index in [9.17, 15) is 0 Å². The Kier molecular flexibility index (Phi) is 4.17. The summed E-state index contributed by atoms with van der Waals surface area (Å²) in [6.45, 7) is 3.86. The van der Waals surface area contributed by atoms with Crippen LogP contribution in [0.25, 0.3) is 0 Å². The normalized spacial score (nSPS) is 22.2. The smallest absolute Gasteiger partial charge is 0.122 e. The Labute approximate surface area is 127 Å². The van der Waals surface area contributed by atoms with E-state index in [4.69, 9.17) is 10.00 Å². The molecule has 1 saturated carbocycles. The molecule has 0 aliphatic heterocycles. The first kappa shape index (κ1) is 14.4. The third kappa shape index (κ3) is 3.06. The zero-order valence-corrected chi connectivity index (χ0v) is 12.8. The Bertz CT molecular complexity index is 543. The maximum Gasteiger partial charge on any atom is 0.122 e. The standard InChI is InChI=1S/C18H24N2O/c1-2-20-16-7-3-6-15-14(16)5-4-8-17(15)21-13-18(9-10-18)11-12-19/h4-5,8,16,20H,2-3,6-7,9-11,13H2,1H3. The molecule has 3 rings (SSSR count). The van der Waals surface area contributed by atoms with Crippen molar-refractivity contribution >= 4 is 0 Å². The highest BCUT2D eigenvalue weighted by molar-refractivity contribution is 5.43. The van der Waals surface area contributed by atoms with E-state index in [1.165, 1.54) is 24.0 Å². The molecule has 0 radical (unpaired) electrons. The van der Waals surface area contributed by atoms with Gasteiger partial charge in [-0.05, 0) is 55.8 Å². The molecule has 1 N–H and O–H groups in total. The van der Waals surface area contributed by atoms with Crippen LogP contribution in [0.1, 0.15) is 56.2 Å². The number of hydrogen-bond donors (Lipinski definition) is 1. The Hall–Kier alpha value is -1.53. The van der Waals surface area contributed by atoms with Crippen LogP contribution in [-0.2, 0) is 6.42 Å². The molecule has 1 unspecified atom stereocenters. The molecule has 0 heterocycles. The average molecular weight is 284 g/mol. The lowest BCUT2D eigenvalue weighted by Gasteiger charge is -2.28.